The molecule has 0 bridgehead atoms. The highest BCUT2D eigenvalue weighted by molar-refractivity contribution is 7.89. The maximum Gasteiger partial charge on any atom is 0.245 e. The van der Waals surface area contributed by atoms with Gasteiger partial charge in [-0.2, -0.15) is 4.31 Å². The molecule has 4 nitrogen and oxygen atoms in total. The predicted octanol–water partition coefficient (Wildman–Crippen LogP) is 2.34. The van der Waals surface area contributed by atoms with Crippen molar-refractivity contribution in [1.29, 1.82) is 0 Å². The summed E-state index contributed by atoms with van der Waals surface area (Å²) >= 11 is 5.75. The van der Waals surface area contributed by atoms with Crippen LogP contribution in [0.2, 0.25) is 5.02 Å². The van der Waals surface area contributed by atoms with E-state index in [1.807, 2.05) is 13.8 Å². The van der Waals surface area contributed by atoms with Crippen molar-refractivity contribution in [2.45, 2.75) is 31.7 Å². The predicted molar refractivity (Wildman–Crippen MR) is 70.6 cm³/mol. The van der Waals surface area contributed by atoms with Crippen LogP contribution >= 0.6 is 11.6 Å². The Kier molecular flexibility index (Phi) is 4.41. The molecule has 0 heterocycles. The second-order valence-electron chi connectivity index (χ2n) is 3.98. The van der Waals surface area contributed by atoms with Crippen molar-refractivity contribution in [2.24, 2.45) is 0 Å². The number of sulfonamides is 1. The number of hydrogen-bond acceptors (Lipinski definition) is 3. The molecule has 2 N–H and O–H groups in total. The standard InChI is InChI=1S/C11H17ClN2O2S/c1-4-14(8(2)3)17(15,16)11-6-5-9(12)7-10(11)13/h5-8H,4,13H2,1-3H3. The summed E-state index contributed by atoms with van der Waals surface area (Å²) in [6.45, 7) is 5.85. The van der Waals surface area contributed by atoms with Crippen molar-refractivity contribution in [3.05, 3.63) is 23.2 Å². The summed E-state index contributed by atoms with van der Waals surface area (Å²) in [5.74, 6) is 0. The number of nitrogens with zero attached hydrogens (tertiary/aromatic N) is 1. The van der Waals surface area contributed by atoms with Gasteiger partial charge in [0.2, 0.25) is 10.0 Å². The number of nitrogens with two attached hydrogens (primary N) is 1. The molecular formula is C11H17ClN2O2S. The van der Waals surface area contributed by atoms with E-state index in [-0.39, 0.29) is 16.6 Å². The van der Waals surface area contributed by atoms with Gasteiger partial charge in [0.15, 0.2) is 0 Å². The van der Waals surface area contributed by atoms with Gasteiger partial charge in [0.1, 0.15) is 4.90 Å². The molecule has 0 unspecified atom stereocenters. The molecule has 17 heavy (non-hydrogen) atoms. The first kappa shape index (κ1) is 14.3. The highest BCUT2D eigenvalue weighted by Gasteiger charge is 2.27. The Bertz CT molecular complexity index is 500. The van der Waals surface area contributed by atoms with Crippen LogP contribution in [-0.2, 0) is 10.0 Å². The van der Waals surface area contributed by atoms with E-state index in [0.717, 1.165) is 0 Å². The van der Waals surface area contributed by atoms with E-state index in [2.05, 4.69) is 0 Å². The Balaban J connectivity index is 3.30. The average molecular weight is 277 g/mol. The van der Waals surface area contributed by atoms with Crippen LogP contribution in [0.3, 0.4) is 0 Å². The van der Waals surface area contributed by atoms with E-state index >= 15 is 0 Å². The van der Waals surface area contributed by atoms with Crippen LogP contribution in [0, 0.1) is 0 Å². The number of rotatable bonds is 4. The molecule has 0 atom stereocenters. The Morgan fingerprint density at radius 3 is 2.41 bits per heavy atom. The number of halogens is 1. The van der Waals surface area contributed by atoms with Crippen LogP contribution in [0.25, 0.3) is 0 Å². The highest BCUT2D eigenvalue weighted by Crippen LogP contribution is 2.26. The largest absolute Gasteiger partial charge is 0.398 e. The fourth-order valence-electron chi connectivity index (χ4n) is 1.69. The van der Waals surface area contributed by atoms with Crippen LogP contribution in [0.1, 0.15) is 20.8 Å². The minimum atomic E-state index is -3.55. The van der Waals surface area contributed by atoms with E-state index in [9.17, 15) is 8.42 Å². The van der Waals surface area contributed by atoms with Crippen molar-refractivity contribution in [3.8, 4) is 0 Å². The molecule has 0 aliphatic rings. The third-order valence-electron chi connectivity index (χ3n) is 2.45. The van der Waals surface area contributed by atoms with Gasteiger partial charge < -0.3 is 5.73 Å². The highest BCUT2D eigenvalue weighted by atomic mass is 35.5. The lowest BCUT2D eigenvalue weighted by atomic mass is 10.3. The maximum absolute atomic E-state index is 12.3. The number of anilines is 1. The van der Waals surface area contributed by atoms with Gasteiger partial charge in [0.25, 0.3) is 0 Å². The molecule has 0 radical (unpaired) electrons. The summed E-state index contributed by atoms with van der Waals surface area (Å²) < 4.78 is 26.1. The van der Waals surface area contributed by atoms with Gasteiger partial charge in [-0.3, -0.25) is 0 Å². The second-order valence-corrected chi connectivity index (χ2v) is 6.28. The zero-order chi connectivity index (χ0) is 13.2. The van der Waals surface area contributed by atoms with E-state index in [4.69, 9.17) is 17.3 Å². The molecule has 0 aliphatic heterocycles. The minimum Gasteiger partial charge on any atom is -0.398 e. The van der Waals surface area contributed by atoms with Gasteiger partial charge >= 0.3 is 0 Å². The first-order valence-corrected chi connectivity index (χ1v) is 7.19. The summed E-state index contributed by atoms with van der Waals surface area (Å²) in [5.41, 5.74) is 5.89. The van der Waals surface area contributed by atoms with Crippen molar-refractivity contribution in [3.63, 3.8) is 0 Å². The molecule has 1 aromatic carbocycles. The molecule has 6 heteroatoms. The Hall–Kier alpha value is -0.780. The molecule has 0 aliphatic carbocycles. The molecule has 96 valence electrons. The molecule has 0 saturated heterocycles. The normalized spacial score (nSPS) is 12.4. The molecule has 0 amide bonds. The van der Waals surface area contributed by atoms with Crippen molar-refractivity contribution >= 4 is 27.3 Å². The fourth-order valence-corrected chi connectivity index (χ4v) is 3.62. The SMILES string of the molecule is CCN(C(C)C)S(=O)(=O)c1ccc(Cl)cc1N. The van der Waals surface area contributed by atoms with E-state index < -0.39 is 10.0 Å². The molecule has 0 spiro atoms. The van der Waals surface area contributed by atoms with Gasteiger partial charge in [0, 0.05) is 17.6 Å². The van der Waals surface area contributed by atoms with Gasteiger partial charge in [-0.25, -0.2) is 8.42 Å². The summed E-state index contributed by atoms with van der Waals surface area (Å²) in [6.07, 6.45) is 0. The third-order valence-corrected chi connectivity index (χ3v) is 4.91. The van der Waals surface area contributed by atoms with Crippen LogP contribution in [0.15, 0.2) is 23.1 Å². The first-order chi connectivity index (χ1) is 7.80. The molecule has 1 aromatic rings. The molecular weight excluding hydrogens is 260 g/mol. The first-order valence-electron chi connectivity index (χ1n) is 5.37. The van der Waals surface area contributed by atoms with E-state index in [1.54, 1.807) is 6.92 Å². The maximum atomic E-state index is 12.3. The summed E-state index contributed by atoms with van der Waals surface area (Å²) in [6, 6.07) is 4.31. The van der Waals surface area contributed by atoms with E-state index in [0.29, 0.717) is 11.6 Å². The van der Waals surface area contributed by atoms with Gasteiger partial charge in [-0.1, -0.05) is 18.5 Å². The zero-order valence-electron chi connectivity index (χ0n) is 10.1. The quantitative estimate of drug-likeness (QED) is 0.859. The molecule has 0 saturated carbocycles. The average Bonchev–Trinajstić information content (AvgIpc) is 2.16. The van der Waals surface area contributed by atoms with Gasteiger partial charge in [0.05, 0.1) is 5.69 Å². The van der Waals surface area contributed by atoms with Crippen LogP contribution in [-0.4, -0.2) is 25.3 Å². The fraction of sp³-hybridized carbons (Fsp3) is 0.455. The van der Waals surface area contributed by atoms with Gasteiger partial charge in [-0.15, -0.1) is 0 Å². The molecule has 1 rings (SSSR count). The Morgan fingerprint density at radius 1 is 1.41 bits per heavy atom. The number of nitrogen functional groups attached to an aromatic ring is 1. The summed E-state index contributed by atoms with van der Waals surface area (Å²) in [5, 5.41) is 0.425. The molecule has 0 aromatic heterocycles. The van der Waals surface area contributed by atoms with Crippen LogP contribution in [0.5, 0.6) is 0 Å². The number of benzene rings is 1. The van der Waals surface area contributed by atoms with Crippen molar-refractivity contribution in [2.75, 3.05) is 12.3 Å². The topological polar surface area (TPSA) is 63.4 Å². The lowest BCUT2D eigenvalue weighted by molar-refractivity contribution is 0.369. The minimum absolute atomic E-state index is 0.109. The Morgan fingerprint density at radius 2 is 2.00 bits per heavy atom. The van der Waals surface area contributed by atoms with Crippen LogP contribution < -0.4 is 5.73 Å². The van der Waals surface area contributed by atoms with Gasteiger partial charge in [-0.05, 0) is 32.0 Å². The smallest absolute Gasteiger partial charge is 0.245 e. The van der Waals surface area contributed by atoms with Crippen molar-refractivity contribution in [1.82, 2.24) is 4.31 Å². The number of hydrogen-bond donors (Lipinski definition) is 1. The van der Waals surface area contributed by atoms with E-state index in [1.165, 1.54) is 22.5 Å². The Labute approximate surface area is 107 Å². The van der Waals surface area contributed by atoms with Crippen LogP contribution in [0.4, 0.5) is 5.69 Å². The lowest BCUT2D eigenvalue weighted by Crippen LogP contribution is -2.37. The summed E-state index contributed by atoms with van der Waals surface area (Å²) in [4.78, 5) is 0.109. The summed E-state index contributed by atoms with van der Waals surface area (Å²) in [7, 11) is -3.55. The lowest BCUT2D eigenvalue weighted by Gasteiger charge is -2.24. The third kappa shape index (κ3) is 2.91. The second kappa shape index (κ2) is 5.25. The van der Waals surface area contributed by atoms with Crippen molar-refractivity contribution < 1.29 is 8.42 Å². The molecule has 0 fully saturated rings. The monoisotopic (exact) mass is 276 g/mol. The zero-order valence-corrected chi connectivity index (χ0v) is 11.7.